The Morgan fingerprint density at radius 1 is 1.56 bits per heavy atom. The third-order valence-corrected chi connectivity index (χ3v) is 2.53. The van der Waals surface area contributed by atoms with Crippen molar-refractivity contribution in [2.45, 2.75) is 13.0 Å². The van der Waals surface area contributed by atoms with Crippen molar-refractivity contribution < 1.29 is 14.6 Å². The average Bonchev–Trinajstić information content (AvgIpc) is 2.28. The van der Waals surface area contributed by atoms with E-state index in [9.17, 15) is 5.11 Å². The SMILES string of the molecule is CCOC(=N)[C@H](O)c1cc(Br)ccc1OC. The summed E-state index contributed by atoms with van der Waals surface area (Å²) in [4.78, 5) is 0. The van der Waals surface area contributed by atoms with E-state index in [4.69, 9.17) is 14.9 Å². The lowest BCUT2D eigenvalue weighted by molar-refractivity contribution is 0.187. The minimum atomic E-state index is -1.10. The summed E-state index contributed by atoms with van der Waals surface area (Å²) in [5, 5.41) is 17.4. The maximum absolute atomic E-state index is 9.91. The Kier molecular flexibility index (Phi) is 4.76. The second kappa shape index (κ2) is 5.86. The van der Waals surface area contributed by atoms with Crippen LogP contribution in [-0.4, -0.2) is 24.7 Å². The summed E-state index contributed by atoms with van der Waals surface area (Å²) < 4.78 is 10.9. The van der Waals surface area contributed by atoms with E-state index in [1.807, 2.05) is 0 Å². The summed E-state index contributed by atoms with van der Waals surface area (Å²) in [5.41, 5.74) is 0.510. The van der Waals surface area contributed by atoms with E-state index in [0.717, 1.165) is 4.47 Å². The molecule has 1 aromatic rings. The Morgan fingerprint density at radius 2 is 2.25 bits per heavy atom. The summed E-state index contributed by atoms with van der Waals surface area (Å²) in [6.45, 7) is 2.12. The summed E-state index contributed by atoms with van der Waals surface area (Å²) in [6.07, 6.45) is -1.10. The molecule has 2 N–H and O–H groups in total. The molecule has 1 atom stereocenters. The first-order valence-corrected chi connectivity index (χ1v) is 5.62. The zero-order valence-corrected chi connectivity index (χ0v) is 10.7. The van der Waals surface area contributed by atoms with Gasteiger partial charge in [0.05, 0.1) is 13.7 Å². The maximum Gasteiger partial charge on any atom is 0.215 e. The second-order valence-corrected chi connectivity index (χ2v) is 4.00. The highest BCUT2D eigenvalue weighted by molar-refractivity contribution is 9.10. The first kappa shape index (κ1) is 13.0. The van der Waals surface area contributed by atoms with E-state index < -0.39 is 6.10 Å². The molecule has 0 fully saturated rings. The smallest absolute Gasteiger partial charge is 0.215 e. The van der Waals surface area contributed by atoms with E-state index >= 15 is 0 Å². The molecule has 0 radical (unpaired) electrons. The lowest BCUT2D eigenvalue weighted by atomic mass is 10.1. The van der Waals surface area contributed by atoms with Crippen LogP contribution in [0.5, 0.6) is 5.75 Å². The number of hydrogen-bond acceptors (Lipinski definition) is 4. The standard InChI is InChI=1S/C11H14BrNO3/c1-3-16-11(13)10(14)8-6-7(12)4-5-9(8)15-2/h4-6,10,13-14H,3H2,1-2H3/t10-/m1/s1. The number of aliphatic hydroxyl groups is 1. The topological polar surface area (TPSA) is 62.5 Å². The normalized spacial score (nSPS) is 12.0. The van der Waals surface area contributed by atoms with Crippen molar-refractivity contribution in [2.24, 2.45) is 0 Å². The molecule has 0 aliphatic carbocycles. The van der Waals surface area contributed by atoms with Gasteiger partial charge in [-0.1, -0.05) is 15.9 Å². The highest BCUT2D eigenvalue weighted by Crippen LogP contribution is 2.29. The molecule has 88 valence electrons. The fraction of sp³-hybridized carbons (Fsp3) is 0.364. The number of halogens is 1. The highest BCUT2D eigenvalue weighted by atomic mass is 79.9. The minimum absolute atomic E-state index is 0.182. The average molecular weight is 288 g/mol. The summed E-state index contributed by atoms with van der Waals surface area (Å²) in [7, 11) is 1.52. The Morgan fingerprint density at radius 3 is 2.81 bits per heavy atom. The number of aliphatic hydroxyl groups excluding tert-OH is 1. The molecule has 0 unspecified atom stereocenters. The van der Waals surface area contributed by atoms with Crippen molar-refractivity contribution in [1.29, 1.82) is 5.41 Å². The van der Waals surface area contributed by atoms with Crippen LogP contribution in [-0.2, 0) is 4.74 Å². The zero-order valence-electron chi connectivity index (χ0n) is 9.16. The Labute approximate surface area is 103 Å². The molecule has 0 aliphatic rings. The number of methoxy groups -OCH3 is 1. The van der Waals surface area contributed by atoms with E-state index in [0.29, 0.717) is 17.9 Å². The molecule has 5 heteroatoms. The van der Waals surface area contributed by atoms with Gasteiger partial charge in [0.1, 0.15) is 5.75 Å². The van der Waals surface area contributed by atoms with Gasteiger partial charge in [0, 0.05) is 10.0 Å². The molecule has 1 aromatic carbocycles. The van der Waals surface area contributed by atoms with E-state index in [1.54, 1.807) is 25.1 Å². The monoisotopic (exact) mass is 287 g/mol. The first-order valence-electron chi connectivity index (χ1n) is 4.82. The van der Waals surface area contributed by atoms with Gasteiger partial charge in [-0.05, 0) is 25.1 Å². The molecular formula is C11H14BrNO3. The van der Waals surface area contributed by atoms with Crippen LogP contribution in [0.3, 0.4) is 0 Å². The molecule has 4 nitrogen and oxygen atoms in total. The van der Waals surface area contributed by atoms with Gasteiger partial charge in [-0.15, -0.1) is 0 Å². The highest BCUT2D eigenvalue weighted by Gasteiger charge is 2.19. The largest absolute Gasteiger partial charge is 0.496 e. The fourth-order valence-electron chi connectivity index (χ4n) is 1.29. The van der Waals surface area contributed by atoms with Crippen molar-refractivity contribution in [3.05, 3.63) is 28.2 Å². The van der Waals surface area contributed by atoms with Gasteiger partial charge in [-0.3, -0.25) is 5.41 Å². The first-order chi connectivity index (χ1) is 7.60. The fourth-order valence-corrected chi connectivity index (χ4v) is 1.67. The molecule has 0 aliphatic heterocycles. The second-order valence-electron chi connectivity index (χ2n) is 3.09. The third kappa shape index (κ3) is 2.96. The quantitative estimate of drug-likeness (QED) is 0.661. The molecule has 1 rings (SSSR count). The number of nitrogens with one attached hydrogen (secondary N) is 1. The van der Waals surface area contributed by atoms with Crippen molar-refractivity contribution in [3.8, 4) is 5.75 Å². The lowest BCUT2D eigenvalue weighted by Gasteiger charge is -2.15. The van der Waals surface area contributed by atoms with Crippen LogP contribution in [0.15, 0.2) is 22.7 Å². The Bertz CT molecular complexity index is 381. The molecule has 16 heavy (non-hydrogen) atoms. The summed E-state index contributed by atoms with van der Waals surface area (Å²) in [6, 6.07) is 5.23. The number of rotatable bonds is 4. The van der Waals surface area contributed by atoms with Gasteiger partial charge >= 0.3 is 0 Å². The predicted molar refractivity (Wildman–Crippen MR) is 65.0 cm³/mol. The number of benzene rings is 1. The number of ether oxygens (including phenoxy) is 2. The van der Waals surface area contributed by atoms with Crippen LogP contribution in [0.2, 0.25) is 0 Å². The van der Waals surface area contributed by atoms with Crippen LogP contribution in [0.25, 0.3) is 0 Å². The minimum Gasteiger partial charge on any atom is -0.496 e. The van der Waals surface area contributed by atoms with Crippen molar-refractivity contribution in [2.75, 3.05) is 13.7 Å². The van der Waals surface area contributed by atoms with Gasteiger partial charge in [-0.2, -0.15) is 0 Å². The van der Waals surface area contributed by atoms with Gasteiger partial charge < -0.3 is 14.6 Å². The molecule has 0 amide bonds. The van der Waals surface area contributed by atoms with Crippen LogP contribution in [0.4, 0.5) is 0 Å². The van der Waals surface area contributed by atoms with Gasteiger partial charge in [0.2, 0.25) is 5.90 Å². The molecule has 0 aromatic heterocycles. The molecule has 0 bridgehead atoms. The summed E-state index contributed by atoms with van der Waals surface area (Å²) in [5.74, 6) is 0.346. The third-order valence-electron chi connectivity index (χ3n) is 2.03. The Hall–Kier alpha value is -1.07. The molecule has 0 saturated heterocycles. The van der Waals surface area contributed by atoms with E-state index in [2.05, 4.69) is 15.9 Å². The lowest BCUT2D eigenvalue weighted by Crippen LogP contribution is -2.15. The van der Waals surface area contributed by atoms with Crippen LogP contribution < -0.4 is 4.74 Å². The zero-order chi connectivity index (χ0) is 12.1. The molecule has 0 spiro atoms. The van der Waals surface area contributed by atoms with Crippen LogP contribution in [0.1, 0.15) is 18.6 Å². The van der Waals surface area contributed by atoms with Gasteiger partial charge in [0.25, 0.3) is 0 Å². The van der Waals surface area contributed by atoms with Crippen molar-refractivity contribution >= 4 is 21.8 Å². The summed E-state index contributed by atoms with van der Waals surface area (Å²) >= 11 is 3.30. The van der Waals surface area contributed by atoms with Crippen LogP contribution in [0, 0.1) is 5.41 Å². The molecule has 0 heterocycles. The van der Waals surface area contributed by atoms with Crippen LogP contribution >= 0.6 is 15.9 Å². The van der Waals surface area contributed by atoms with Gasteiger partial charge in [0.15, 0.2) is 6.10 Å². The molecular weight excluding hydrogens is 274 g/mol. The maximum atomic E-state index is 9.91. The predicted octanol–water partition coefficient (Wildman–Crippen LogP) is 2.50. The van der Waals surface area contributed by atoms with E-state index in [-0.39, 0.29) is 5.90 Å². The van der Waals surface area contributed by atoms with E-state index in [1.165, 1.54) is 7.11 Å². The molecule has 0 saturated carbocycles. The Balaban J connectivity index is 3.01. The van der Waals surface area contributed by atoms with Crippen molar-refractivity contribution in [3.63, 3.8) is 0 Å². The van der Waals surface area contributed by atoms with Gasteiger partial charge in [-0.25, -0.2) is 0 Å². The van der Waals surface area contributed by atoms with Crippen molar-refractivity contribution in [1.82, 2.24) is 0 Å². The number of hydrogen-bond donors (Lipinski definition) is 2.